The smallest absolute Gasteiger partial charge is 0.227 e. The van der Waals surface area contributed by atoms with Crippen molar-refractivity contribution in [2.75, 3.05) is 6.54 Å². The lowest BCUT2D eigenvalue weighted by Crippen LogP contribution is -2.31. The first-order valence-corrected chi connectivity index (χ1v) is 9.58. The van der Waals surface area contributed by atoms with Crippen LogP contribution in [-0.2, 0) is 17.8 Å². The normalized spacial score (nSPS) is 10.9. The van der Waals surface area contributed by atoms with Gasteiger partial charge in [-0.25, -0.2) is 0 Å². The molecule has 4 aromatic rings. The summed E-state index contributed by atoms with van der Waals surface area (Å²) in [6, 6.07) is 22.3. The van der Waals surface area contributed by atoms with Crippen LogP contribution in [0, 0.1) is 0 Å². The first kappa shape index (κ1) is 18.0. The van der Waals surface area contributed by atoms with E-state index in [4.69, 9.17) is 0 Å². The van der Waals surface area contributed by atoms with Crippen LogP contribution in [0.3, 0.4) is 0 Å². The second kappa shape index (κ2) is 8.09. The molecule has 2 aromatic heterocycles. The van der Waals surface area contributed by atoms with Gasteiger partial charge in [0.25, 0.3) is 0 Å². The third kappa shape index (κ3) is 3.67. The number of para-hydroxylation sites is 1. The van der Waals surface area contributed by atoms with Gasteiger partial charge in [0.1, 0.15) is 0 Å². The molecule has 28 heavy (non-hydrogen) atoms. The molecule has 4 rings (SSSR count). The lowest BCUT2D eigenvalue weighted by atomic mass is 10.0. The number of benzene rings is 2. The number of nitrogens with zero attached hydrogens (tertiary/aromatic N) is 2. The van der Waals surface area contributed by atoms with Gasteiger partial charge < -0.3 is 9.88 Å². The Labute approximate surface area is 164 Å². The van der Waals surface area contributed by atoms with Crippen molar-refractivity contribution in [2.45, 2.75) is 19.9 Å². The maximum atomic E-state index is 13.2. The predicted molar refractivity (Wildman–Crippen MR) is 113 cm³/mol. The van der Waals surface area contributed by atoms with Crippen molar-refractivity contribution < 1.29 is 4.79 Å². The summed E-state index contributed by atoms with van der Waals surface area (Å²) < 4.78 is 0. The van der Waals surface area contributed by atoms with E-state index < -0.39 is 0 Å². The lowest BCUT2D eigenvalue weighted by Gasteiger charge is -2.21. The summed E-state index contributed by atoms with van der Waals surface area (Å²) in [6.45, 7) is 3.29. The number of amides is 1. The molecule has 0 aliphatic rings. The average molecular weight is 369 g/mol. The molecular weight excluding hydrogens is 346 g/mol. The van der Waals surface area contributed by atoms with Gasteiger partial charge in [0.2, 0.25) is 5.91 Å². The van der Waals surface area contributed by atoms with Crippen LogP contribution >= 0.6 is 0 Å². The quantitative estimate of drug-likeness (QED) is 0.530. The van der Waals surface area contributed by atoms with E-state index in [1.165, 1.54) is 0 Å². The summed E-state index contributed by atoms with van der Waals surface area (Å²) in [5, 5.41) is 1.11. The molecule has 4 heteroatoms. The zero-order valence-corrected chi connectivity index (χ0v) is 15.9. The van der Waals surface area contributed by atoms with Gasteiger partial charge in [-0.1, -0.05) is 48.5 Å². The summed E-state index contributed by atoms with van der Waals surface area (Å²) in [5.74, 6) is 0.126. The number of aromatic amines is 1. The third-order valence-corrected chi connectivity index (χ3v) is 5.06. The number of hydrogen-bond donors (Lipinski definition) is 1. The monoisotopic (exact) mass is 369 g/mol. The Kier molecular flexibility index (Phi) is 5.20. The Balaban J connectivity index is 1.67. The third-order valence-electron chi connectivity index (χ3n) is 5.06. The number of rotatable bonds is 6. The number of hydrogen-bond acceptors (Lipinski definition) is 2. The highest BCUT2D eigenvalue weighted by molar-refractivity contribution is 5.95. The Hall–Kier alpha value is -3.40. The minimum absolute atomic E-state index is 0.126. The van der Waals surface area contributed by atoms with Gasteiger partial charge in [0.15, 0.2) is 0 Å². The van der Waals surface area contributed by atoms with Crippen molar-refractivity contribution in [2.24, 2.45) is 0 Å². The largest absolute Gasteiger partial charge is 0.354 e. The summed E-state index contributed by atoms with van der Waals surface area (Å²) in [4.78, 5) is 22.6. The van der Waals surface area contributed by atoms with Crippen LogP contribution in [0.5, 0.6) is 0 Å². The highest BCUT2D eigenvalue weighted by Gasteiger charge is 2.19. The average Bonchev–Trinajstić information content (AvgIpc) is 3.12. The fraction of sp³-hybridized carbons (Fsp3) is 0.167. The van der Waals surface area contributed by atoms with Crippen molar-refractivity contribution in [3.8, 4) is 11.3 Å². The van der Waals surface area contributed by atoms with Crippen molar-refractivity contribution in [3.05, 3.63) is 90.3 Å². The number of fused-ring (bicyclic) bond motifs is 1. The summed E-state index contributed by atoms with van der Waals surface area (Å²) in [7, 11) is 0. The molecule has 0 saturated carbocycles. The maximum Gasteiger partial charge on any atom is 0.227 e. The molecule has 0 aliphatic carbocycles. The molecule has 0 saturated heterocycles. The molecule has 0 fully saturated rings. The van der Waals surface area contributed by atoms with E-state index in [2.05, 4.69) is 34.2 Å². The number of H-pyrrole nitrogens is 1. The second-order valence-corrected chi connectivity index (χ2v) is 6.83. The maximum absolute atomic E-state index is 13.2. The summed E-state index contributed by atoms with van der Waals surface area (Å²) in [5.41, 5.74) is 5.32. The summed E-state index contributed by atoms with van der Waals surface area (Å²) >= 11 is 0. The molecule has 0 unspecified atom stereocenters. The molecule has 0 radical (unpaired) electrons. The van der Waals surface area contributed by atoms with Crippen LogP contribution in [0.15, 0.2) is 79.1 Å². The number of carbonyl (C=O) groups is 1. The molecule has 0 spiro atoms. The fourth-order valence-electron chi connectivity index (χ4n) is 3.58. The zero-order chi connectivity index (χ0) is 19.3. The van der Waals surface area contributed by atoms with E-state index in [0.29, 0.717) is 19.5 Å². The minimum atomic E-state index is 0.126. The van der Waals surface area contributed by atoms with Crippen LogP contribution < -0.4 is 0 Å². The summed E-state index contributed by atoms with van der Waals surface area (Å²) in [6.07, 6.45) is 3.90. The first-order chi connectivity index (χ1) is 13.8. The molecule has 1 N–H and O–H groups in total. The van der Waals surface area contributed by atoms with Crippen LogP contribution in [0.4, 0.5) is 0 Å². The van der Waals surface area contributed by atoms with Gasteiger partial charge in [-0.05, 0) is 41.8 Å². The lowest BCUT2D eigenvalue weighted by molar-refractivity contribution is -0.130. The van der Waals surface area contributed by atoms with E-state index in [-0.39, 0.29) is 5.91 Å². The highest BCUT2D eigenvalue weighted by atomic mass is 16.2. The topological polar surface area (TPSA) is 49.0 Å². The van der Waals surface area contributed by atoms with Crippen molar-refractivity contribution in [3.63, 3.8) is 0 Å². The van der Waals surface area contributed by atoms with Crippen molar-refractivity contribution >= 4 is 16.8 Å². The number of likely N-dealkylation sites (N-methyl/N-ethyl adjacent to an activating group) is 1. The van der Waals surface area contributed by atoms with Gasteiger partial charge in [-0.15, -0.1) is 0 Å². The van der Waals surface area contributed by atoms with Crippen molar-refractivity contribution in [1.29, 1.82) is 0 Å². The molecule has 2 heterocycles. The van der Waals surface area contributed by atoms with E-state index in [0.717, 1.165) is 33.3 Å². The molecular formula is C24H23N3O. The van der Waals surface area contributed by atoms with E-state index in [9.17, 15) is 4.79 Å². The van der Waals surface area contributed by atoms with Crippen LogP contribution in [0.2, 0.25) is 0 Å². The Morgan fingerprint density at radius 2 is 1.68 bits per heavy atom. The van der Waals surface area contributed by atoms with E-state index in [1.807, 2.05) is 54.3 Å². The van der Waals surface area contributed by atoms with Crippen LogP contribution in [0.1, 0.15) is 18.1 Å². The second-order valence-electron chi connectivity index (χ2n) is 6.83. The molecule has 0 aliphatic heterocycles. The standard InChI is InChI=1S/C24H23N3O/c1-2-27(17-18-12-14-25-15-13-18)23(28)16-21-20-10-6-7-11-22(20)26-24(21)19-8-4-3-5-9-19/h3-15,26H,2,16-17H2,1H3. The number of pyridine rings is 1. The first-order valence-electron chi connectivity index (χ1n) is 9.58. The fourth-order valence-corrected chi connectivity index (χ4v) is 3.58. The van der Waals surface area contributed by atoms with Gasteiger partial charge in [-0.2, -0.15) is 0 Å². The Morgan fingerprint density at radius 1 is 0.964 bits per heavy atom. The number of carbonyl (C=O) groups excluding carboxylic acids is 1. The van der Waals surface area contributed by atoms with Gasteiger partial charge in [0.05, 0.1) is 12.1 Å². The number of nitrogens with one attached hydrogen (secondary N) is 1. The van der Waals surface area contributed by atoms with Gasteiger partial charge >= 0.3 is 0 Å². The van der Waals surface area contributed by atoms with E-state index in [1.54, 1.807) is 12.4 Å². The van der Waals surface area contributed by atoms with Crippen LogP contribution in [-0.4, -0.2) is 27.3 Å². The zero-order valence-electron chi connectivity index (χ0n) is 15.9. The molecule has 2 aromatic carbocycles. The molecule has 140 valence electrons. The minimum Gasteiger partial charge on any atom is -0.354 e. The molecule has 0 bridgehead atoms. The molecule has 0 atom stereocenters. The highest BCUT2D eigenvalue weighted by Crippen LogP contribution is 2.31. The van der Waals surface area contributed by atoms with Gasteiger partial charge in [0, 0.05) is 36.4 Å². The predicted octanol–water partition coefficient (Wildman–Crippen LogP) is 4.82. The Morgan fingerprint density at radius 3 is 2.43 bits per heavy atom. The van der Waals surface area contributed by atoms with Gasteiger partial charge in [-0.3, -0.25) is 9.78 Å². The number of aromatic nitrogens is 2. The van der Waals surface area contributed by atoms with E-state index >= 15 is 0 Å². The molecule has 4 nitrogen and oxygen atoms in total. The molecule has 1 amide bonds. The van der Waals surface area contributed by atoms with Crippen LogP contribution in [0.25, 0.3) is 22.2 Å². The van der Waals surface area contributed by atoms with Crippen molar-refractivity contribution in [1.82, 2.24) is 14.9 Å². The Bertz CT molecular complexity index is 1070. The SMILES string of the molecule is CCN(Cc1ccncc1)C(=O)Cc1c(-c2ccccc2)[nH]c2ccccc12.